The van der Waals surface area contributed by atoms with E-state index >= 15 is 0 Å². The zero-order valence-corrected chi connectivity index (χ0v) is 22.2. The summed E-state index contributed by atoms with van der Waals surface area (Å²) in [5, 5.41) is 10.9. The van der Waals surface area contributed by atoms with E-state index in [4.69, 9.17) is 24.2 Å². The number of methoxy groups -OCH3 is 2. The lowest BCUT2D eigenvalue weighted by molar-refractivity contribution is -0.191. The Hall–Kier alpha value is -3.81. The number of carboxylic acids is 1. The maximum absolute atomic E-state index is 10.8. The highest BCUT2D eigenvalue weighted by Crippen LogP contribution is 2.36. The topological polar surface area (TPSA) is 77.5 Å². The van der Waals surface area contributed by atoms with Crippen LogP contribution in [0, 0.1) is 6.92 Å². The van der Waals surface area contributed by atoms with E-state index in [0.29, 0.717) is 31.1 Å². The highest BCUT2D eigenvalue weighted by Gasteiger charge is 2.27. The van der Waals surface area contributed by atoms with Crippen LogP contribution in [0.15, 0.2) is 66.7 Å². The Labute approximate surface area is 224 Å². The van der Waals surface area contributed by atoms with Gasteiger partial charge < -0.3 is 19.3 Å². The van der Waals surface area contributed by atoms with E-state index in [2.05, 4.69) is 36.4 Å². The Morgan fingerprint density at radius 2 is 1.87 bits per heavy atom. The number of benzene rings is 3. The van der Waals surface area contributed by atoms with Crippen molar-refractivity contribution in [1.82, 2.24) is 5.06 Å². The van der Waals surface area contributed by atoms with E-state index in [9.17, 15) is 4.79 Å². The summed E-state index contributed by atoms with van der Waals surface area (Å²) in [7, 11) is 3.28. The largest absolute Gasteiger partial charge is 0.497 e. The minimum atomic E-state index is -0.837. The Morgan fingerprint density at radius 1 is 1.05 bits per heavy atom. The molecule has 0 spiro atoms. The summed E-state index contributed by atoms with van der Waals surface area (Å²) in [4.78, 5) is 17.2. The van der Waals surface area contributed by atoms with Crippen molar-refractivity contribution >= 4 is 12.0 Å². The lowest BCUT2D eigenvalue weighted by atomic mass is 9.92. The van der Waals surface area contributed by atoms with Gasteiger partial charge in [0.15, 0.2) is 11.5 Å². The van der Waals surface area contributed by atoms with Crippen molar-refractivity contribution in [3.63, 3.8) is 0 Å². The number of aryl methyl sites for hydroxylation is 1. The van der Waals surface area contributed by atoms with Gasteiger partial charge in [-0.3, -0.25) is 9.63 Å². The zero-order valence-electron chi connectivity index (χ0n) is 22.2. The molecule has 4 rings (SSSR count). The van der Waals surface area contributed by atoms with Crippen LogP contribution < -0.4 is 14.2 Å². The lowest BCUT2D eigenvalue weighted by Crippen LogP contribution is -2.34. The van der Waals surface area contributed by atoms with Crippen molar-refractivity contribution < 1.29 is 28.9 Å². The molecule has 7 nitrogen and oxygen atoms in total. The molecule has 0 fully saturated rings. The monoisotopic (exact) mass is 517 g/mol. The summed E-state index contributed by atoms with van der Waals surface area (Å²) >= 11 is 0. The predicted molar refractivity (Wildman–Crippen MR) is 147 cm³/mol. The van der Waals surface area contributed by atoms with Crippen LogP contribution >= 0.6 is 0 Å². The van der Waals surface area contributed by atoms with Gasteiger partial charge in [0.1, 0.15) is 5.75 Å². The Kier molecular flexibility index (Phi) is 9.40. The van der Waals surface area contributed by atoms with Crippen molar-refractivity contribution in [2.75, 3.05) is 27.4 Å². The molecule has 3 aromatic carbocycles. The molecule has 1 aliphatic heterocycles. The van der Waals surface area contributed by atoms with Crippen molar-refractivity contribution in [2.45, 2.75) is 38.8 Å². The van der Waals surface area contributed by atoms with Gasteiger partial charge in [-0.05, 0) is 71.8 Å². The van der Waals surface area contributed by atoms with Gasteiger partial charge in [-0.1, -0.05) is 48.6 Å². The molecule has 1 aliphatic rings. The van der Waals surface area contributed by atoms with Crippen LogP contribution in [0.2, 0.25) is 0 Å². The van der Waals surface area contributed by atoms with Gasteiger partial charge in [0, 0.05) is 13.0 Å². The van der Waals surface area contributed by atoms with E-state index in [-0.39, 0.29) is 12.5 Å². The van der Waals surface area contributed by atoms with Crippen LogP contribution in [0.4, 0.5) is 0 Å². The molecule has 1 heterocycles. The number of carbonyl (C=O) groups is 1. The van der Waals surface area contributed by atoms with Gasteiger partial charge in [0.25, 0.3) is 0 Å². The first-order valence-corrected chi connectivity index (χ1v) is 12.8. The van der Waals surface area contributed by atoms with Crippen molar-refractivity contribution in [3.8, 4) is 17.2 Å². The molecule has 0 bridgehead atoms. The molecule has 0 aliphatic carbocycles. The second-order valence-corrected chi connectivity index (χ2v) is 9.22. The fraction of sp³-hybridized carbons (Fsp3) is 0.323. The second-order valence-electron chi connectivity index (χ2n) is 9.22. The minimum absolute atomic E-state index is 0.0598. The summed E-state index contributed by atoms with van der Waals surface area (Å²) in [6, 6.07) is 20.1. The van der Waals surface area contributed by atoms with Crippen molar-refractivity contribution in [3.05, 3.63) is 94.6 Å². The molecule has 0 amide bonds. The first-order chi connectivity index (χ1) is 18.5. The Bertz CT molecular complexity index is 1260. The van der Waals surface area contributed by atoms with E-state index < -0.39 is 5.97 Å². The van der Waals surface area contributed by atoms with E-state index in [1.54, 1.807) is 14.2 Å². The van der Waals surface area contributed by atoms with E-state index in [1.165, 1.54) is 5.56 Å². The highest BCUT2D eigenvalue weighted by atomic mass is 16.7. The molecule has 0 saturated carbocycles. The van der Waals surface area contributed by atoms with Gasteiger partial charge in [-0.25, -0.2) is 0 Å². The van der Waals surface area contributed by atoms with E-state index in [1.807, 2.05) is 48.4 Å². The number of hydroxylamine groups is 2. The standard InChI is InChI=1S/C31H35NO6/c1-22-18-29(36-3)30(37-17-7-10-31(33)34)19-25(22)12-14-28-27-20-26(35-2)13-11-24(27)15-16-32(28)38-21-23-8-5-4-6-9-23/h4-6,8-9,11-14,18-20,28H,7,10,15-17,21H2,1-3H3,(H,33,34)/b14-12+. The quantitative estimate of drug-likeness (QED) is 0.295. The fourth-order valence-corrected chi connectivity index (χ4v) is 4.53. The molecule has 0 saturated heterocycles. The summed E-state index contributed by atoms with van der Waals surface area (Å²) in [5.41, 5.74) is 5.55. The number of carboxylic acid groups (broad SMARTS) is 1. The summed E-state index contributed by atoms with van der Waals surface area (Å²) < 4.78 is 16.9. The first-order valence-electron chi connectivity index (χ1n) is 12.8. The molecule has 0 radical (unpaired) electrons. The number of ether oxygens (including phenoxy) is 3. The molecule has 38 heavy (non-hydrogen) atoms. The number of hydrogen-bond acceptors (Lipinski definition) is 6. The normalized spacial score (nSPS) is 15.3. The summed E-state index contributed by atoms with van der Waals surface area (Å²) in [5.74, 6) is 1.18. The van der Waals surface area contributed by atoms with Gasteiger partial charge in [0.2, 0.25) is 0 Å². The van der Waals surface area contributed by atoms with Crippen LogP contribution in [0.25, 0.3) is 6.08 Å². The van der Waals surface area contributed by atoms with Gasteiger partial charge >= 0.3 is 5.97 Å². The second kappa shape index (κ2) is 13.1. The van der Waals surface area contributed by atoms with Crippen LogP contribution in [-0.2, 0) is 22.7 Å². The average Bonchev–Trinajstić information content (AvgIpc) is 2.94. The van der Waals surface area contributed by atoms with Crippen LogP contribution in [-0.4, -0.2) is 43.5 Å². The smallest absolute Gasteiger partial charge is 0.303 e. The highest BCUT2D eigenvalue weighted by molar-refractivity contribution is 5.66. The molecule has 0 aromatic heterocycles. The Morgan fingerprint density at radius 3 is 2.61 bits per heavy atom. The number of aliphatic carboxylic acids is 1. The molecule has 7 heteroatoms. The van der Waals surface area contributed by atoms with Crippen LogP contribution in [0.5, 0.6) is 17.2 Å². The SMILES string of the molecule is COc1ccc2c(c1)C(/C=C/c1cc(OCCCC(=O)O)c(OC)cc1C)N(OCc1ccccc1)CC2. The van der Waals surface area contributed by atoms with Gasteiger partial charge in [-0.15, -0.1) is 0 Å². The third-order valence-corrected chi connectivity index (χ3v) is 6.63. The third-order valence-electron chi connectivity index (χ3n) is 6.63. The molecule has 3 aromatic rings. The van der Waals surface area contributed by atoms with Crippen LogP contribution in [0.1, 0.15) is 46.7 Å². The maximum Gasteiger partial charge on any atom is 0.303 e. The fourth-order valence-electron chi connectivity index (χ4n) is 4.53. The molecule has 1 atom stereocenters. The van der Waals surface area contributed by atoms with Crippen molar-refractivity contribution in [1.29, 1.82) is 0 Å². The van der Waals surface area contributed by atoms with Crippen LogP contribution in [0.3, 0.4) is 0 Å². The van der Waals surface area contributed by atoms with Gasteiger partial charge in [0.05, 0.1) is 33.5 Å². The van der Waals surface area contributed by atoms with Crippen molar-refractivity contribution in [2.24, 2.45) is 0 Å². The average molecular weight is 518 g/mol. The molecule has 1 N–H and O–H groups in total. The summed E-state index contributed by atoms with van der Waals surface area (Å²) in [6.45, 7) is 3.57. The third kappa shape index (κ3) is 6.94. The molecule has 1 unspecified atom stereocenters. The number of rotatable bonds is 12. The number of nitrogens with zero attached hydrogens (tertiary/aromatic N) is 1. The van der Waals surface area contributed by atoms with Gasteiger partial charge in [-0.2, -0.15) is 5.06 Å². The minimum Gasteiger partial charge on any atom is -0.497 e. The lowest BCUT2D eigenvalue weighted by Gasteiger charge is -2.35. The Balaban J connectivity index is 1.60. The predicted octanol–water partition coefficient (Wildman–Crippen LogP) is 6.00. The van der Waals surface area contributed by atoms with E-state index in [0.717, 1.165) is 41.0 Å². The number of hydrogen-bond donors (Lipinski definition) is 1. The summed E-state index contributed by atoms with van der Waals surface area (Å²) in [6.07, 6.45) is 5.59. The molecular weight excluding hydrogens is 482 g/mol. The number of fused-ring (bicyclic) bond motifs is 1. The zero-order chi connectivity index (χ0) is 26.9. The first kappa shape index (κ1) is 27.2. The molecular formula is C31H35NO6. The maximum atomic E-state index is 10.8. The molecule has 200 valence electrons.